The average Bonchev–Trinajstić information content (AvgIpc) is 1.99. The van der Waals surface area contributed by atoms with Gasteiger partial charge < -0.3 is 16.6 Å². The van der Waals surface area contributed by atoms with Gasteiger partial charge in [0.15, 0.2) is 0 Å². The summed E-state index contributed by atoms with van der Waals surface area (Å²) in [6.07, 6.45) is 1.63. The highest BCUT2D eigenvalue weighted by molar-refractivity contribution is 5.69. The van der Waals surface area contributed by atoms with Crippen molar-refractivity contribution >= 4 is 5.97 Å². The molecule has 1 atom stereocenters. The highest BCUT2D eigenvalue weighted by Gasteiger charge is 2.22. The van der Waals surface area contributed by atoms with Crippen LogP contribution in [0.3, 0.4) is 0 Å². The van der Waals surface area contributed by atoms with E-state index in [2.05, 4.69) is 35.0 Å². The topological polar surface area (TPSA) is 26.3 Å². The van der Waals surface area contributed by atoms with Crippen molar-refractivity contribution in [3.05, 3.63) is 7.43 Å². The van der Waals surface area contributed by atoms with E-state index in [4.69, 9.17) is 4.74 Å². The smallest absolute Gasteiger partial charge is 0.306 e. The Kier molecular flexibility index (Phi) is 22.6. The van der Waals surface area contributed by atoms with Crippen LogP contribution in [-0.4, -0.2) is 45.2 Å². The van der Waals surface area contributed by atoms with Crippen LogP contribution in [-0.2, 0) is 9.53 Å². The van der Waals surface area contributed by atoms with E-state index >= 15 is 0 Å². The van der Waals surface area contributed by atoms with Gasteiger partial charge in [-0.25, -0.2) is 0 Å². The molecular formula is C16H41NO2. The molecule has 0 N–H and O–H groups in total. The van der Waals surface area contributed by atoms with E-state index in [-0.39, 0.29) is 35.7 Å². The van der Waals surface area contributed by atoms with Gasteiger partial charge in [-0.1, -0.05) is 36.1 Å². The monoisotopic (exact) mass is 279 g/mol. The molecule has 0 aromatic heterocycles. The number of hydrogen-bond acceptors (Lipinski definition) is 2. The number of ether oxygens (including phenoxy) is 1. The molecule has 0 saturated carbocycles. The van der Waals surface area contributed by atoms with Crippen molar-refractivity contribution in [1.82, 2.24) is 0 Å². The normalized spacial score (nSPS) is 11.1. The van der Waals surface area contributed by atoms with Gasteiger partial charge in [-0.15, -0.1) is 0 Å². The first kappa shape index (κ1) is 31.0. The maximum absolute atomic E-state index is 11.3. The third kappa shape index (κ3) is 19.9. The molecule has 0 aromatic rings. The predicted octanol–water partition coefficient (Wildman–Crippen LogP) is 4.28. The quantitative estimate of drug-likeness (QED) is 0.412. The van der Waals surface area contributed by atoms with Gasteiger partial charge in [-0.2, -0.15) is 0 Å². The molecule has 0 saturated heterocycles. The number of quaternary nitrogens is 1. The predicted molar refractivity (Wildman–Crippen MR) is 89.1 cm³/mol. The number of rotatable bonds is 6. The summed E-state index contributed by atoms with van der Waals surface area (Å²) in [5.74, 6) is 0.970. The standard InChI is InChI=1S/C12H26NO2.3CH4.CH3/c1-10(2)7-11(8-12(14)15-6)9-13(3,4)5;;;;/h10-11H,7-9H2,1-6H3;3*1H4;1H3/q+1;;;;-1. The molecule has 0 aliphatic carbocycles. The molecule has 0 rings (SSSR count). The van der Waals surface area contributed by atoms with Gasteiger partial charge in [0, 0.05) is 5.92 Å². The Morgan fingerprint density at radius 2 is 1.53 bits per heavy atom. The number of nitrogens with zero attached hydrogens (tertiary/aromatic N) is 1. The van der Waals surface area contributed by atoms with E-state index in [1.165, 1.54) is 7.11 Å². The van der Waals surface area contributed by atoms with E-state index < -0.39 is 0 Å². The first-order valence-electron chi connectivity index (χ1n) is 5.62. The second-order valence-electron chi connectivity index (χ2n) is 5.75. The molecule has 19 heavy (non-hydrogen) atoms. The fourth-order valence-electron chi connectivity index (χ4n) is 1.98. The Morgan fingerprint density at radius 1 is 1.11 bits per heavy atom. The molecule has 3 heteroatoms. The van der Waals surface area contributed by atoms with E-state index in [1.807, 2.05) is 0 Å². The van der Waals surface area contributed by atoms with Gasteiger partial charge in [0.2, 0.25) is 0 Å². The highest BCUT2D eigenvalue weighted by atomic mass is 16.5. The lowest BCUT2D eigenvalue weighted by atomic mass is 9.93. The lowest BCUT2D eigenvalue weighted by Gasteiger charge is -2.29. The van der Waals surface area contributed by atoms with Crippen LogP contribution >= 0.6 is 0 Å². The van der Waals surface area contributed by atoms with Crippen LogP contribution in [0.1, 0.15) is 49.0 Å². The summed E-state index contributed by atoms with van der Waals surface area (Å²) >= 11 is 0. The number of methoxy groups -OCH3 is 1. The number of carbonyl (C=O) groups is 1. The molecule has 0 amide bonds. The zero-order valence-corrected chi connectivity index (χ0v) is 12.0. The van der Waals surface area contributed by atoms with Crippen LogP contribution in [0.4, 0.5) is 0 Å². The van der Waals surface area contributed by atoms with Crippen molar-refractivity contribution in [2.24, 2.45) is 11.8 Å². The Balaban J connectivity index is -0.000000163. The molecule has 0 fully saturated rings. The molecule has 0 aromatic carbocycles. The van der Waals surface area contributed by atoms with Crippen LogP contribution < -0.4 is 0 Å². The first-order valence-corrected chi connectivity index (χ1v) is 5.62. The second kappa shape index (κ2) is 13.9. The third-order valence-electron chi connectivity index (χ3n) is 2.29. The van der Waals surface area contributed by atoms with Crippen molar-refractivity contribution in [3.8, 4) is 0 Å². The van der Waals surface area contributed by atoms with Gasteiger partial charge >= 0.3 is 5.97 Å². The molecule has 0 radical (unpaired) electrons. The molecule has 0 aliphatic heterocycles. The first-order chi connectivity index (χ1) is 6.74. The fraction of sp³-hybridized carbons (Fsp3) is 0.875. The Labute approximate surface area is 123 Å². The number of carbonyl (C=O) groups excluding carboxylic acids is 1. The van der Waals surface area contributed by atoms with E-state index in [0.29, 0.717) is 18.3 Å². The summed E-state index contributed by atoms with van der Waals surface area (Å²) in [5, 5.41) is 0. The zero-order valence-electron chi connectivity index (χ0n) is 12.0. The summed E-state index contributed by atoms with van der Waals surface area (Å²) in [4.78, 5) is 11.3. The van der Waals surface area contributed by atoms with Gasteiger partial charge in [0.05, 0.1) is 41.2 Å². The average molecular weight is 280 g/mol. The summed E-state index contributed by atoms with van der Waals surface area (Å²) in [5.41, 5.74) is 0. The Hall–Kier alpha value is -0.570. The van der Waals surface area contributed by atoms with Crippen molar-refractivity contribution in [1.29, 1.82) is 0 Å². The van der Waals surface area contributed by atoms with Crippen LogP contribution in [0.2, 0.25) is 0 Å². The second-order valence-corrected chi connectivity index (χ2v) is 5.75. The maximum Gasteiger partial charge on any atom is 0.306 e. The molecule has 3 nitrogen and oxygen atoms in total. The van der Waals surface area contributed by atoms with E-state index in [9.17, 15) is 4.79 Å². The summed E-state index contributed by atoms with van der Waals surface area (Å²) in [7, 11) is 7.93. The van der Waals surface area contributed by atoms with Gasteiger partial charge in [-0.3, -0.25) is 4.79 Å². The fourth-order valence-corrected chi connectivity index (χ4v) is 1.98. The molecule has 0 aliphatic rings. The summed E-state index contributed by atoms with van der Waals surface area (Å²) in [6, 6.07) is 0. The van der Waals surface area contributed by atoms with Crippen molar-refractivity contribution in [2.75, 3.05) is 34.8 Å². The largest absolute Gasteiger partial charge is 0.469 e. The lowest BCUT2D eigenvalue weighted by Crippen LogP contribution is -2.40. The molecule has 122 valence electrons. The minimum absolute atomic E-state index is 0. The number of esters is 1. The van der Waals surface area contributed by atoms with E-state index in [1.54, 1.807) is 0 Å². The van der Waals surface area contributed by atoms with Crippen LogP contribution in [0, 0.1) is 19.3 Å². The molecule has 0 heterocycles. The maximum atomic E-state index is 11.3. The van der Waals surface area contributed by atoms with E-state index in [0.717, 1.165) is 17.4 Å². The van der Waals surface area contributed by atoms with Crippen LogP contribution in [0.25, 0.3) is 0 Å². The van der Waals surface area contributed by atoms with Gasteiger partial charge in [0.1, 0.15) is 0 Å². The minimum Gasteiger partial charge on any atom is -0.469 e. The number of hydrogen-bond donors (Lipinski definition) is 0. The molecule has 0 bridgehead atoms. The summed E-state index contributed by atoms with van der Waals surface area (Å²) < 4.78 is 5.63. The Morgan fingerprint density at radius 3 is 1.79 bits per heavy atom. The molecular weight excluding hydrogens is 238 g/mol. The summed E-state index contributed by atoms with van der Waals surface area (Å²) in [6.45, 7) is 5.41. The highest BCUT2D eigenvalue weighted by Crippen LogP contribution is 2.18. The van der Waals surface area contributed by atoms with Crippen LogP contribution in [0.5, 0.6) is 0 Å². The zero-order chi connectivity index (χ0) is 12.1. The minimum atomic E-state index is -0.0888. The van der Waals surface area contributed by atoms with Crippen LogP contribution in [0.15, 0.2) is 0 Å². The molecule has 1 unspecified atom stereocenters. The van der Waals surface area contributed by atoms with Crippen molar-refractivity contribution in [3.63, 3.8) is 0 Å². The lowest BCUT2D eigenvalue weighted by molar-refractivity contribution is -0.873. The SMILES string of the molecule is C.C.C.COC(=O)CC(CC(C)C)C[N+](C)(C)C.[CH3-]. The van der Waals surface area contributed by atoms with Gasteiger partial charge in [0.25, 0.3) is 0 Å². The van der Waals surface area contributed by atoms with Gasteiger partial charge in [-0.05, 0) is 12.3 Å². The third-order valence-corrected chi connectivity index (χ3v) is 2.29. The molecule has 0 spiro atoms. The van der Waals surface area contributed by atoms with Crippen molar-refractivity contribution < 1.29 is 14.0 Å². The van der Waals surface area contributed by atoms with Crippen molar-refractivity contribution in [2.45, 2.75) is 49.0 Å². The Bertz CT molecular complexity index is 195.